The van der Waals surface area contributed by atoms with Crippen LogP contribution in [-0.4, -0.2) is 12.9 Å². The third kappa shape index (κ3) is 2.25. The van der Waals surface area contributed by atoms with E-state index in [-0.39, 0.29) is 29.4 Å². The van der Waals surface area contributed by atoms with Crippen LogP contribution in [0.5, 0.6) is 5.75 Å². The number of rotatable bonds is 4. The van der Waals surface area contributed by atoms with Crippen LogP contribution in [0.15, 0.2) is 28.7 Å². The number of carbonyl (C=O) groups is 1. The second-order valence-electron chi connectivity index (χ2n) is 3.52. The summed E-state index contributed by atoms with van der Waals surface area (Å²) < 4.78 is 37.1. The first-order valence-corrected chi connectivity index (χ1v) is 5.33. The lowest BCUT2D eigenvalue weighted by Gasteiger charge is -2.09. The second-order valence-corrected chi connectivity index (χ2v) is 3.52. The van der Waals surface area contributed by atoms with Crippen molar-refractivity contribution in [3.8, 4) is 17.1 Å². The van der Waals surface area contributed by atoms with Crippen LogP contribution in [0.2, 0.25) is 0 Å². The molecule has 2 rings (SSSR count). The lowest BCUT2D eigenvalue weighted by atomic mass is 10.1. The fourth-order valence-electron chi connectivity index (χ4n) is 1.60. The van der Waals surface area contributed by atoms with Crippen LogP contribution >= 0.6 is 0 Å². The Hall–Kier alpha value is -2.17. The molecule has 0 aliphatic rings. The minimum absolute atomic E-state index is 0.0807. The standard InChI is InChI=1S/C13H10F2O3/c1-2-17-13-10(5-8(14)6-11(13)15)12-4-3-9(7-16)18-12/h3-7H,2H2,1H3. The Morgan fingerprint density at radius 3 is 2.72 bits per heavy atom. The lowest BCUT2D eigenvalue weighted by molar-refractivity contribution is 0.110. The van der Waals surface area contributed by atoms with Gasteiger partial charge < -0.3 is 9.15 Å². The Kier molecular flexibility index (Phi) is 3.41. The van der Waals surface area contributed by atoms with Gasteiger partial charge in [0.15, 0.2) is 23.6 Å². The van der Waals surface area contributed by atoms with Crippen LogP contribution in [-0.2, 0) is 0 Å². The summed E-state index contributed by atoms with van der Waals surface area (Å²) in [4.78, 5) is 10.5. The maximum atomic E-state index is 13.6. The van der Waals surface area contributed by atoms with Gasteiger partial charge in [-0.25, -0.2) is 8.78 Å². The maximum absolute atomic E-state index is 13.6. The summed E-state index contributed by atoms with van der Waals surface area (Å²) in [6.07, 6.45) is 0.513. The zero-order chi connectivity index (χ0) is 13.1. The van der Waals surface area contributed by atoms with Crippen molar-refractivity contribution in [1.82, 2.24) is 0 Å². The van der Waals surface area contributed by atoms with Crippen molar-refractivity contribution >= 4 is 6.29 Å². The van der Waals surface area contributed by atoms with Crippen LogP contribution in [0, 0.1) is 11.6 Å². The Morgan fingerprint density at radius 1 is 1.33 bits per heavy atom. The van der Waals surface area contributed by atoms with Crippen LogP contribution in [0.1, 0.15) is 17.5 Å². The van der Waals surface area contributed by atoms with E-state index < -0.39 is 11.6 Å². The molecule has 18 heavy (non-hydrogen) atoms. The topological polar surface area (TPSA) is 39.4 Å². The number of ether oxygens (including phenoxy) is 1. The van der Waals surface area contributed by atoms with E-state index in [0.29, 0.717) is 6.29 Å². The summed E-state index contributed by atoms with van der Waals surface area (Å²) in [6.45, 7) is 1.92. The van der Waals surface area contributed by atoms with E-state index in [1.54, 1.807) is 6.92 Å². The van der Waals surface area contributed by atoms with Crippen LogP contribution in [0.3, 0.4) is 0 Å². The molecule has 5 heteroatoms. The molecule has 0 aliphatic heterocycles. The molecule has 0 amide bonds. The number of hydrogen-bond donors (Lipinski definition) is 0. The molecule has 0 aliphatic carbocycles. The average Bonchev–Trinajstić information content (AvgIpc) is 2.81. The number of aldehydes is 1. The quantitative estimate of drug-likeness (QED) is 0.782. The van der Waals surface area contributed by atoms with Crippen molar-refractivity contribution in [3.63, 3.8) is 0 Å². The average molecular weight is 252 g/mol. The number of benzene rings is 1. The molecule has 0 atom stereocenters. The number of halogens is 2. The molecule has 0 N–H and O–H groups in total. The second kappa shape index (κ2) is 5.00. The zero-order valence-corrected chi connectivity index (χ0v) is 9.57. The summed E-state index contributed by atoms with van der Waals surface area (Å²) >= 11 is 0. The van der Waals surface area contributed by atoms with Crippen molar-refractivity contribution in [3.05, 3.63) is 41.7 Å². The summed E-state index contributed by atoms with van der Waals surface area (Å²) in [5, 5.41) is 0. The minimum atomic E-state index is -0.809. The Bertz CT molecular complexity index is 576. The highest BCUT2D eigenvalue weighted by Crippen LogP contribution is 2.34. The monoisotopic (exact) mass is 252 g/mol. The highest BCUT2D eigenvalue weighted by atomic mass is 19.1. The summed E-state index contributed by atoms with van der Waals surface area (Å²) in [5.41, 5.74) is 0.141. The van der Waals surface area contributed by atoms with Crippen molar-refractivity contribution in [1.29, 1.82) is 0 Å². The molecule has 1 aromatic carbocycles. The largest absolute Gasteiger partial charge is 0.490 e. The fourth-order valence-corrected chi connectivity index (χ4v) is 1.60. The van der Waals surface area contributed by atoms with E-state index in [1.165, 1.54) is 12.1 Å². The molecule has 0 bridgehead atoms. The first kappa shape index (κ1) is 12.3. The van der Waals surface area contributed by atoms with E-state index in [2.05, 4.69) is 0 Å². The van der Waals surface area contributed by atoms with Crippen molar-refractivity contribution in [2.75, 3.05) is 6.61 Å². The van der Waals surface area contributed by atoms with Gasteiger partial charge >= 0.3 is 0 Å². The van der Waals surface area contributed by atoms with E-state index in [9.17, 15) is 13.6 Å². The molecular formula is C13H10F2O3. The molecule has 0 saturated carbocycles. The van der Waals surface area contributed by atoms with Gasteiger partial charge in [0.1, 0.15) is 11.6 Å². The molecule has 0 fully saturated rings. The van der Waals surface area contributed by atoms with E-state index in [0.717, 1.165) is 12.1 Å². The molecule has 2 aromatic rings. The minimum Gasteiger partial charge on any atom is -0.490 e. The summed E-state index contributed by atoms with van der Waals surface area (Å²) in [5.74, 6) is -1.38. The van der Waals surface area contributed by atoms with Crippen LogP contribution < -0.4 is 4.74 Å². The maximum Gasteiger partial charge on any atom is 0.185 e. The van der Waals surface area contributed by atoms with Gasteiger partial charge in [0.05, 0.1) is 12.2 Å². The van der Waals surface area contributed by atoms with Gasteiger partial charge in [-0.2, -0.15) is 0 Å². The third-order valence-electron chi connectivity index (χ3n) is 2.31. The van der Waals surface area contributed by atoms with Crippen molar-refractivity contribution in [2.45, 2.75) is 6.92 Å². The molecule has 1 aromatic heterocycles. The van der Waals surface area contributed by atoms with Gasteiger partial charge in [-0.1, -0.05) is 0 Å². The molecule has 0 radical (unpaired) electrons. The van der Waals surface area contributed by atoms with E-state index in [1.807, 2.05) is 0 Å². The van der Waals surface area contributed by atoms with Gasteiger partial charge in [-0.05, 0) is 25.1 Å². The first-order chi connectivity index (χ1) is 8.65. The highest BCUT2D eigenvalue weighted by Gasteiger charge is 2.17. The van der Waals surface area contributed by atoms with Crippen molar-refractivity contribution < 1.29 is 22.7 Å². The van der Waals surface area contributed by atoms with Gasteiger partial charge in [-0.15, -0.1) is 0 Å². The normalized spacial score (nSPS) is 10.4. The van der Waals surface area contributed by atoms with Crippen LogP contribution in [0.4, 0.5) is 8.78 Å². The van der Waals surface area contributed by atoms with Gasteiger partial charge in [0, 0.05) is 6.07 Å². The highest BCUT2D eigenvalue weighted by molar-refractivity contribution is 5.74. The van der Waals surface area contributed by atoms with Gasteiger partial charge in [0.2, 0.25) is 0 Å². The van der Waals surface area contributed by atoms with Gasteiger partial charge in [-0.3, -0.25) is 4.79 Å². The Labute approximate surface area is 102 Å². The Morgan fingerprint density at radius 2 is 2.11 bits per heavy atom. The number of hydrogen-bond acceptors (Lipinski definition) is 3. The third-order valence-corrected chi connectivity index (χ3v) is 2.31. The molecule has 1 heterocycles. The first-order valence-electron chi connectivity index (χ1n) is 5.33. The van der Waals surface area contributed by atoms with Crippen molar-refractivity contribution in [2.24, 2.45) is 0 Å². The fraction of sp³-hybridized carbons (Fsp3) is 0.154. The van der Waals surface area contributed by atoms with E-state index >= 15 is 0 Å². The molecule has 0 unspecified atom stereocenters. The summed E-state index contributed by atoms with van der Waals surface area (Å²) in [7, 11) is 0. The number of furan rings is 1. The SMILES string of the molecule is CCOc1c(F)cc(F)cc1-c1ccc(C=O)o1. The van der Waals surface area contributed by atoms with E-state index in [4.69, 9.17) is 9.15 Å². The predicted octanol–water partition coefficient (Wildman–Crippen LogP) is 3.44. The molecule has 0 saturated heterocycles. The number of carbonyl (C=O) groups excluding carboxylic acids is 1. The Balaban J connectivity index is 2.57. The molecular weight excluding hydrogens is 242 g/mol. The zero-order valence-electron chi connectivity index (χ0n) is 9.57. The van der Waals surface area contributed by atoms with Gasteiger partial charge in [0.25, 0.3) is 0 Å². The molecule has 94 valence electrons. The summed E-state index contributed by atoms with van der Waals surface area (Å²) in [6, 6.07) is 4.71. The van der Waals surface area contributed by atoms with Crippen LogP contribution in [0.25, 0.3) is 11.3 Å². The predicted molar refractivity (Wildman–Crippen MR) is 60.6 cm³/mol. The smallest absolute Gasteiger partial charge is 0.185 e. The molecule has 3 nitrogen and oxygen atoms in total. The lowest BCUT2D eigenvalue weighted by Crippen LogP contribution is -1.98. The molecule has 0 spiro atoms.